The molecule has 1 aliphatic rings. The Kier molecular flexibility index (Phi) is 4.39. The Hall–Kier alpha value is -1.61. The van der Waals surface area contributed by atoms with E-state index in [1.54, 1.807) is 0 Å². The zero-order valence-electron chi connectivity index (χ0n) is 13.1. The first-order valence-corrected chi connectivity index (χ1v) is 8.01. The lowest BCUT2D eigenvalue weighted by molar-refractivity contribution is 0.138. The van der Waals surface area contributed by atoms with Crippen LogP contribution < -0.4 is 0 Å². The molecule has 1 unspecified atom stereocenters. The van der Waals surface area contributed by atoms with Gasteiger partial charge in [0.15, 0.2) is 0 Å². The molecule has 0 amide bonds. The molecule has 0 bridgehead atoms. The quantitative estimate of drug-likeness (QED) is 0.857. The summed E-state index contributed by atoms with van der Waals surface area (Å²) in [4.78, 5) is 2.62. The van der Waals surface area contributed by atoms with Gasteiger partial charge in [-0.1, -0.05) is 29.8 Å². The lowest BCUT2D eigenvalue weighted by Crippen LogP contribution is -2.41. The predicted molar refractivity (Wildman–Crippen MR) is 86.4 cm³/mol. The van der Waals surface area contributed by atoms with Gasteiger partial charge in [-0.3, -0.25) is 4.68 Å². The van der Waals surface area contributed by atoms with E-state index in [1.165, 1.54) is 37.1 Å². The molecule has 1 atom stereocenters. The van der Waals surface area contributed by atoms with Crippen LogP contribution in [0.3, 0.4) is 0 Å². The van der Waals surface area contributed by atoms with Crippen LogP contribution in [0.25, 0.3) is 0 Å². The molecule has 0 N–H and O–H groups in total. The summed E-state index contributed by atoms with van der Waals surface area (Å²) in [6, 6.07) is 12.2. The molecule has 21 heavy (non-hydrogen) atoms. The van der Waals surface area contributed by atoms with Crippen molar-refractivity contribution in [3.8, 4) is 0 Å². The minimum Gasteiger partial charge on any atom is -0.300 e. The predicted octanol–water partition coefficient (Wildman–Crippen LogP) is 3.46. The molecule has 1 saturated heterocycles. The van der Waals surface area contributed by atoms with E-state index in [2.05, 4.69) is 59.0 Å². The van der Waals surface area contributed by atoms with Crippen molar-refractivity contribution in [1.29, 1.82) is 0 Å². The van der Waals surface area contributed by atoms with E-state index in [1.807, 2.05) is 12.3 Å². The molecule has 3 rings (SSSR count). The minimum absolute atomic E-state index is 0.586. The van der Waals surface area contributed by atoms with Crippen molar-refractivity contribution in [3.05, 3.63) is 53.9 Å². The molecule has 2 aromatic rings. The normalized spacial score (nSPS) is 18.8. The smallest absolute Gasteiger partial charge is 0.0543 e. The highest BCUT2D eigenvalue weighted by molar-refractivity contribution is 5.22. The lowest BCUT2D eigenvalue weighted by Gasteiger charge is -2.36. The molecule has 1 aliphatic heterocycles. The molecule has 0 saturated carbocycles. The van der Waals surface area contributed by atoms with Crippen molar-refractivity contribution in [1.82, 2.24) is 14.7 Å². The largest absolute Gasteiger partial charge is 0.300 e. The second-order valence-electron chi connectivity index (χ2n) is 6.29. The standard InChI is InChI=1S/C18H25N3/c1-15-4-6-17(7-5-15)14-16(2)20-12-8-18(9-13-20)21-11-3-10-19-21/h3-7,10-11,16,18H,8-9,12-14H2,1-2H3. The molecule has 1 fully saturated rings. The van der Waals surface area contributed by atoms with Gasteiger partial charge in [0.05, 0.1) is 6.04 Å². The SMILES string of the molecule is Cc1ccc(CC(C)N2CCC(n3cccn3)CC2)cc1. The fourth-order valence-corrected chi connectivity index (χ4v) is 3.28. The summed E-state index contributed by atoms with van der Waals surface area (Å²) in [5, 5.41) is 4.38. The van der Waals surface area contributed by atoms with E-state index in [0.717, 1.165) is 6.42 Å². The Morgan fingerprint density at radius 2 is 1.90 bits per heavy atom. The first kappa shape index (κ1) is 14.3. The third-order valence-electron chi connectivity index (χ3n) is 4.67. The number of nitrogens with zero attached hydrogens (tertiary/aromatic N) is 3. The summed E-state index contributed by atoms with van der Waals surface area (Å²) < 4.78 is 2.13. The van der Waals surface area contributed by atoms with Gasteiger partial charge >= 0.3 is 0 Å². The first-order chi connectivity index (χ1) is 10.2. The van der Waals surface area contributed by atoms with Gasteiger partial charge in [0, 0.05) is 31.5 Å². The Bertz CT molecular complexity index is 536. The zero-order chi connectivity index (χ0) is 14.7. The van der Waals surface area contributed by atoms with Crippen LogP contribution in [0.4, 0.5) is 0 Å². The molecule has 112 valence electrons. The summed E-state index contributed by atoms with van der Waals surface area (Å²) in [5.74, 6) is 0. The van der Waals surface area contributed by atoms with E-state index in [-0.39, 0.29) is 0 Å². The summed E-state index contributed by atoms with van der Waals surface area (Å²) >= 11 is 0. The van der Waals surface area contributed by atoms with E-state index in [9.17, 15) is 0 Å². The molecule has 1 aromatic heterocycles. The average molecular weight is 283 g/mol. The highest BCUT2D eigenvalue weighted by Crippen LogP contribution is 2.23. The minimum atomic E-state index is 0.586. The van der Waals surface area contributed by atoms with Crippen LogP contribution in [0.15, 0.2) is 42.7 Å². The second-order valence-corrected chi connectivity index (χ2v) is 6.29. The number of rotatable bonds is 4. The molecule has 0 radical (unpaired) electrons. The number of aromatic nitrogens is 2. The van der Waals surface area contributed by atoms with E-state index in [4.69, 9.17) is 0 Å². The van der Waals surface area contributed by atoms with Gasteiger partial charge in [-0.05, 0) is 44.7 Å². The number of aryl methyl sites for hydroxylation is 1. The average Bonchev–Trinajstić information content (AvgIpc) is 3.04. The number of hydrogen-bond acceptors (Lipinski definition) is 2. The third kappa shape index (κ3) is 3.53. The van der Waals surface area contributed by atoms with Crippen LogP contribution in [-0.4, -0.2) is 33.8 Å². The molecule has 3 heteroatoms. The highest BCUT2D eigenvalue weighted by atomic mass is 15.3. The van der Waals surface area contributed by atoms with Gasteiger partial charge in [-0.15, -0.1) is 0 Å². The maximum atomic E-state index is 4.38. The maximum absolute atomic E-state index is 4.38. The number of likely N-dealkylation sites (tertiary alicyclic amines) is 1. The molecular formula is C18H25N3. The van der Waals surface area contributed by atoms with Crippen molar-refractivity contribution < 1.29 is 0 Å². The molecule has 0 spiro atoms. The van der Waals surface area contributed by atoms with Crippen molar-refractivity contribution in [2.45, 2.75) is 45.2 Å². The Labute approximate surface area is 127 Å². The van der Waals surface area contributed by atoms with Crippen LogP contribution >= 0.6 is 0 Å². The Morgan fingerprint density at radius 1 is 1.19 bits per heavy atom. The Morgan fingerprint density at radius 3 is 2.52 bits per heavy atom. The zero-order valence-corrected chi connectivity index (χ0v) is 13.1. The fourth-order valence-electron chi connectivity index (χ4n) is 3.28. The fraction of sp³-hybridized carbons (Fsp3) is 0.500. The second kappa shape index (κ2) is 6.44. The first-order valence-electron chi connectivity index (χ1n) is 8.01. The molecule has 3 nitrogen and oxygen atoms in total. The van der Waals surface area contributed by atoms with Crippen LogP contribution in [0.2, 0.25) is 0 Å². The van der Waals surface area contributed by atoms with Gasteiger partial charge in [-0.2, -0.15) is 5.10 Å². The van der Waals surface area contributed by atoms with E-state index >= 15 is 0 Å². The summed E-state index contributed by atoms with van der Waals surface area (Å²) in [6.45, 7) is 6.86. The van der Waals surface area contributed by atoms with Crippen LogP contribution in [-0.2, 0) is 6.42 Å². The van der Waals surface area contributed by atoms with Crippen molar-refractivity contribution >= 4 is 0 Å². The third-order valence-corrected chi connectivity index (χ3v) is 4.67. The van der Waals surface area contributed by atoms with Crippen LogP contribution in [0.5, 0.6) is 0 Å². The number of piperidine rings is 1. The number of benzene rings is 1. The van der Waals surface area contributed by atoms with Gasteiger partial charge in [0.2, 0.25) is 0 Å². The molecule has 0 aliphatic carbocycles. The van der Waals surface area contributed by atoms with E-state index in [0.29, 0.717) is 12.1 Å². The summed E-state index contributed by atoms with van der Waals surface area (Å²) in [5.41, 5.74) is 2.79. The topological polar surface area (TPSA) is 21.1 Å². The van der Waals surface area contributed by atoms with E-state index < -0.39 is 0 Å². The molecule has 1 aromatic carbocycles. The molecular weight excluding hydrogens is 258 g/mol. The lowest BCUT2D eigenvalue weighted by atomic mass is 10.00. The maximum Gasteiger partial charge on any atom is 0.0543 e. The Balaban J connectivity index is 1.53. The van der Waals surface area contributed by atoms with Crippen LogP contribution in [0, 0.1) is 6.92 Å². The van der Waals surface area contributed by atoms with Gasteiger partial charge in [-0.25, -0.2) is 0 Å². The molecule has 2 heterocycles. The monoisotopic (exact) mass is 283 g/mol. The highest BCUT2D eigenvalue weighted by Gasteiger charge is 2.23. The van der Waals surface area contributed by atoms with Crippen molar-refractivity contribution in [3.63, 3.8) is 0 Å². The van der Waals surface area contributed by atoms with Crippen molar-refractivity contribution in [2.24, 2.45) is 0 Å². The van der Waals surface area contributed by atoms with Crippen LogP contribution in [0.1, 0.15) is 36.9 Å². The van der Waals surface area contributed by atoms with Crippen molar-refractivity contribution in [2.75, 3.05) is 13.1 Å². The summed E-state index contributed by atoms with van der Waals surface area (Å²) in [6.07, 6.45) is 7.54. The van der Waals surface area contributed by atoms with Gasteiger partial charge < -0.3 is 4.90 Å². The number of hydrogen-bond donors (Lipinski definition) is 0. The van der Waals surface area contributed by atoms with Gasteiger partial charge in [0.25, 0.3) is 0 Å². The summed E-state index contributed by atoms with van der Waals surface area (Å²) in [7, 11) is 0. The van der Waals surface area contributed by atoms with Gasteiger partial charge in [0.1, 0.15) is 0 Å².